The molecule has 3 N–H and O–H groups in total. The average Bonchev–Trinajstić information content (AvgIpc) is 2.75. The highest BCUT2D eigenvalue weighted by Gasteiger charge is 2.18. The van der Waals surface area contributed by atoms with E-state index in [1.807, 2.05) is 5.32 Å². The van der Waals surface area contributed by atoms with Gasteiger partial charge in [-0.05, 0) is 38.5 Å². The van der Waals surface area contributed by atoms with Crippen molar-refractivity contribution in [2.24, 2.45) is 0 Å². The van der Waals surface area contributed by atoms with Gasteiger partial charge in [0.25, 0.3) is 0 Å². The van der Waals surface area contributed by atoms with Crippen molar-refractivity contribution in [1.29, 1.82) is 0 Å². The molecule has 0 atom stereocenters. The normalized spacial score (nSPS) is 11.2. The fraction of sp³-hybridized carbons (Fsp3) is 0.357. The number of rotatable bonds is 2. The Morgan fingerprint density at radius 3 is 2.73 bits per heavy atom. The first-order valence-corrected chi connectivity index (χ1v) is 6.55. The first-order chi connectivity index (χ1) is 10.2. The minimum Gasteiger partial charge on any atom is -0.444 e. The van der Waals surface area contributed by atoms with Gasteiger partial charge in [-0.3, -0.25) is 0 Å². The van der Waals surface area contributed by atoms with Crippen LogP contribution in [0.3, 0.4) is 0 Å². The van der Waals surface area contributed by atoms with Crippen LogP contribution in [-0.2, 0) is 16.1 Å². The molecule has 0 bridgehead atoms. The maximum atomic E-state index is 11.5. The second-order valence-corrected chi connectivity index (χ2v) is 5.60. The number of ether oxygens (including phenoxy) is 2. The zero-order chi connectivity index (χ0) is 16.3. The number of imide groups is 1. The van der Waals surface area contributed by atoms with Crippen molar-refractivity contribution < 1.29 is 23.6 Å². The molecular weight excluding hydrogens is 290 g/mol. The number of carbonyl (C=O) groups is 2. The summed E-state index contributed by atoms with van der Waals surface area (Å²) in [6.07, 6.45) is -1.76. The molecule has 2 aromatic rings. The molecule has 0 radical (unpaired) electrons. The van der Waals surface area contributed by atoms with Crippen molar-refractivity contribution in [3.8, 4) is 0 Å². The smallest absolute Gasteiger partial charge is 0.417 e. The molecule has 0 aliphatic rings. The van der Waals surface area contributed by atoms with Crippen molar-refractivity contribution in [3.05, 3.63) is 23.8 Å². The van der Waals surface area contributed by atoms with E-state index in [1.165, 1.54) is 0 Å². The number of carbonyl (C=O) groups excluding carboxylic acids is 2. The molecule has 118 valence electrons. The van der Waals surface area contributed by atoms with Gasteiger partial charge in [0.05, 0.1) is 5.39 Å². The molecule has 0 saturated heterocycles. The Kier molecular flexibility index (Phi) is 4.20. The van der Waals surface area contributed by atoms with E-state index in [0.29, 0.717) is 22.4 Å². The van der Waals surface area contributed by atoms with Crippen LogP contribution >= 0.6 is 0 Å². The first-order valence-electron chi connectivity index (χ1n) is 6.55. The summed E-state index contributed by atoms with van der Waals surface area (Å²) >= 11 is 0. The predicted octanol–water partition coefficient (Wildman–Crippen LogP) is 2.57. The lowest BCUT2D eigenvalue weighted by Crippen LogP contribution is -2.36. The number of nitrogen functional groups attached to an aromatic ring is 1. The molecule has 0 unspecified atom stereocenters. The molecule has 2 amide bonds. The highest BCUT2D eigenvalue weighted by atomic mass is 16.6. The maximum absolute atomic E-state index is 11.5. The zero-order valence-corrected chi connectivity index (χ0v) is 12.5. The molecule has 1 aromatic heterocycles. The third-order valence-electron chi connectivity index (χ3n) is 2.54. The SMILES string of the molecule is CC(C)(C)OC(=O)NC(=O)OCc1ccc2c(N)noc2c1. The molecule has 0 saturated carbocycles. The fourth-order valence-corrected chi connectivity index (χ4v) is 1.66. The summed E-state index contributed by atoms with van der Waals surface area (Å²) in [5.74, 6) is 0.296. The van der Waals surface area contributed by atoms with E-state index in [9.17, 15) is 9.59 Å². The Labute approximate surface area is 126 Å². The molecule has 2 rings (SSSR count). The van der Waals surface area contributed by atoms with Crippen molar-refractivity contribution >= 4 is 29.0 Å². The number of nitrogens with zero attached hydrogens (tertiary/aromatic N) is 1. The molecule has 8 heteroatoms. The second-order valence-electron chi connectivity index (χ2n) is 5.60. The zero-order valence-electron chi connectivity index (χ0n) is 12.5. The van der Waals surface area contributed by atoms with Gasteiger partial charge in [-0.15, -0.1) is 0 Å². The van der Waals surface area contributed by atoms with Gasteiger partial charge in [0.15, 0.2) is 11.4 Å². The Bertz CT molecular complexity index is 702. The highest BCUT2D eigenvalue weighted by molar-refractivity contribution is 5.88. The molecule has 0 fully saturated rings. The summed E-state index contributed by atoms with van der Waals surface area (Å²) in [6, 6.07) is 5.09. The monoisotopic (exact) mass is 307 g/mol. The van der Waals surface area contributed by atoms with E-state index in [-0.39, 0.29) is 6.61 Å². The van der Waals surface area contributed by atoms with E-state index in [0.717, 1.165) is 0 Å². The van der Waals surface area contributed by atoms with Crippen LogP contribution in [0.5, 0.6) is 0 Å². The lowest BCUT2D eigenvalue weighted by atomic mass is 10.2. The van der Waals surface area contributed by atoms with E-state index < -0.39 is 17.8 Å². The van der Waals surface area contributed by atoms with Gasteiger partial charge >= 0.3 is 12.2 Å². The minimum absolute atomic E-state index is 0.0365. The van der Waals surface area contributed by atoms with Gasteiger partial charge in [-0.1, -0.05) is 11.2 Å². The van der Waals surface area contributed by atoms with Gasteiger partial charge in [-0.25, -0.2) is 14.9 Å². The quantitative estimate of drug-likeness (QED) is 0.875. The van der Waals surface area contributed by atoms with E-state index in [1.54, 1.807) is 39.0 Å². The van der Waals surface area contributed by atoms with Crippen LogP contribution in [0.15, 0.2) is 22.7 Å². The summed E-state index contributed by atoms with van der Waals surface area (Å²) in [5.41, 5.74) is 6.07. The molecule has 1 aromatic carbocycles. The summed E-state index contributed by atoms with van der Waals surface area (Å²) in [7, 11) is 0. The number of amides is 2. The Balaban J connectivity index is 1.88. The second kappa shape index (κ2) is 5.92. The van der Waals surface area contributed by atoms with Crippen LogP contribution in [-0.4, -0.2) is 22.9 Å². The van der Waals surface area contributed by atoms with E-state index in [4.69, 9.17) is 19.7 Å². The number of hydrogen-bond acceptors (Lipinski definition) is 7. The van der Waals surface area contributed by atoms with Crippen molar-refractivity contribution in [1.82, 2.24) is 10.5 Å². The number of nitrogens with two attached hydrogens (primary N) is 1. The van der Waals surface area contributed by atoms with Crippen LogP contribution in [0, 0.1) is 0 Å². The topological polar surface area (TPSA) is 117 Å². The number of nitrogens with one attached hydrogen (secondary N) is 1. The summed E-state index contributed by atoms with van der Waals surface area (Å²) < 4.78 is 14.9. The van der Waals surface area contributed by atoms with Crippen LogP contribution in [0.25, 0.3) is 11.0 Å². The van der Waals surface area contributed by atoms with E-state index >= 15 is 0 Å². The third-order valence-corrected chi connectivity index (χ3v) is 2.54. The number of aromatic nitrogens is 1. The van der Waals surface area contributed by atoms with Crippen LogP contribution in [0.2, 0.25) is 0 Å². The number of benzene rings is 1. The molecule has 1 heterocycles. The first kappa shape index (κ1) is 15.6. The van der Waals surface area contributed by atoms with Crippen molar-refractivity contribution in [3.63, 3.8) is 0 Å². The molecule has 0 aliphatic heterocycles. The number of alkyl carbamates (subject to hydrolysis) is 2. The fourth-order valence-electron chi connectivity index (χ4n) is 1.66. The summed E-state index contributed by atoms with van der Waals surface area (Å²) in [6.45, 7) is 5.04. The highest BCUT2D eigenvalue weighted by Crippen LogP contribution is 2.21. The number of hydrogen-bond donors (Lipinski definition) is 2. The maximum Gasteiger partial charge on any atom is 0.417 e. The van der Waals surface area contributed by atoms with Crippen LogP contribution in [0.1, 0.15) is 26.3 Å². The number of fused-ring (bicyclic) bond motifs is 1. The molecule has 0 spiro atoms. The molecule has 8 nitrogen and oxygen atoms in total. The number of anilines is 1. The third kappa shape index (κ3) is 4.11. The predicted molar refractivity (Wildman–Crippen MR) is 78.0 cm³/mol. The Morgan fingerprint density at radius 1 is 1.32 bits per heavy atom. The van der Waals surface area contributed by atoms with Crippen LogP contribution < -0.4 is 11.1 Å². The van der Waals surface area contributed by atoms with Gasteiger partial charge in [0.1, 0.15) is 12.2 Å². The van der Waals surface area contributed by atoms with Crippen molar-refractivity contribution in [2.75, 3.05) is 5.73 Å². The molecular formula is C14H17N3O5. The van der Waals surface area contributed by atoms with Gasteiger partial charge in [0, 0.05) is 0 Å². The van der Waals surface area contributed by atoms with Gasteiger partial charge < -0.3 is 19.7 Å². The lowest BCUT2D eigenvalue weighted by Gasteiger charge is -2.19. The summed E-state index contributed by atoms with van der Waals surface area (Å²) in [4.78, 5) is 22.9. The van der Waals surface area contributed by atoms with Gasteiger partial charge in [-0.2, -0.15) is 0 Å². The van der Waals surface area contributed by atoms with Crippen molar-refractivity contribution in [2.45, 2.75) is 33.0 Å². The lowest BCUT2D eigenvalue weighted by molar-refractivity contribution is 0.0506. The average molecular weight is 307 g/mol. The molecule has 22 heavy (non-hydrogen) atoms. The Hall–Kier alpha value is -2.77. The van der Waals surface area contributed by atoms with Gasteiger partial charge in [0.2, 0.25) is 0 Å². The summed E-state index contributed by atoms with van der Waals surface area (Å²) in [5, 5.41) is 6.28. The standard InChI is InChI=1S/C14H17N3O5/c1-14(2,3)21-13(19)16-12(18)20-7-8-4-5-9-10(6-8)22-17-11(9)15/h4-6H,7H2,1-3H3,(H2,15,17)(H,16,18,19). The Morgan fingerprint density at radius 2 is 2.05 bits per heavy atom. The minimum atomic E-state index is -0.897. The largest absolute Gasteiger partial charge is 0.444 e. The molecule has 0 aliphatic carbocycles. The van der Waals surface area contributed by atoms with E-state index in [2.05, 4.69) is 5.16 Å². The van der Waals surface area contributed by atoms with Crippen LogP contribution in [0.4, 0.5) is 15.4 Å².